The van der Waals surface area contributed by atoms with Crippen LogP contribution < -0.4 is 16.2 Å². The predicted molar refractivity (Wildman–Crippen MR) is 173 cm³/mol. The number of carbonyl (C=O) groups excluding carboxylic acids is 1. The van der Waals surface area contributed by atoms with Crippen LogP contribution >= 0.6 is 0 Å². The average molecular weight is 607 g/mol. The molecular formula is C35H38N6O4. The molecule has 2 aromatic carbocycles. The van der Waals surface area contributed by atoms with Crippen molar-refractivity contribution in [2.24, 2.45) is 0 Å². The van der Waals surface area contributed by atoms with Gasteiger partial charge in [-0.1, -0.05) is 42.2 Å². The van der Waals surface area contributed by atoms with E-state index in [0.717, 1.165) is 67.1 Å². The number of morpholine rings is 1. The molecule has 3 heterocycles. The zero-order valence-electron chi connectivity index (χ0n) is 25.2. The number of aromatic nitrogens is 3. The number of benzene rings is 2. The summed E-state index contributed by atoms with van der Waals surface area (Å²) >= 11 is 0. The number of hydrogen-bond acceptors (Lipinski definition) is 8. The van der Waals surface area contributed by atoms with E-state index in [4.69, 9.17) is 9.72 Å². The standard InChI is InChI=1S/C35H38N6O4/c42-24-32(26-7-2-1-3-8-26)41-17-5-9-29(35(41)44)34(43)36-16-4-6-25-10-15-30-31(22-25)39-33(23-37-30)38-27-11-13-28(14-12-27)40-18-20-45-21-19-40/h1-3,5,7-10,15,17,22-23,27-28,32,42H,11-14,16,18-21,24H2,(H,36,43)(H,38,39)/t27?,28?,32-/m1/s1. The first kappa shape index (κ1) is 30.5. The summed E-state index contributed by atoms with van der Waals surface area (Å²) in [4.78, 5) is 37.9. The fraction of sp³-hybridized carbons (Fsp3) is 0.371. The molecule has 10 heteroatoms. The minimum Gasteiger partial charge on any atom is -0.394 e. The number of fused-ring (bicyclic) bond motifs is 1. The minimum atomic E-state index is -0.589. The summed E-state index contributed by atoms with van der Waals surface area (Å²) in [5.74, 6) is 6.28. The lowest BCUT2D eigenvalue weighted by Crippen LogP contribution is -2.46. The van der Waals surface area contributed by atoms with E-state index in [1.165, 1.54) is 23.5 Å². The zero-order chi connectivity index (χ0) is 31.0. The second-order valence-corrected chi connectivity index (χ2v) is 11.5. The molecule has 0 unspecified atom stereocenters. The second-order valence-electron chi connectivity index (χ2n) is 11.5. The molecular weight excluding hydrogens is 568 g/mol. The number of nitrogens with one attached hydrogen (secondary N) is 2. The number of ether oxygens (including phenoxy) is 1. The summed E-state index contributed by atoms with van der Waals surface area (Å²) < 4.78 is 6.89. The molecule has 2 aromatic heterocycles. The quantitative estimate of drug-likeness (QED) is 0.262. The van der Waals surface area contributed by atoms with E-state index in [0.29, 0.717) is 12.1 Å². The van der Waals surface area contributed by atoms with Crippen molar-refractivity contribution >= 4 is 22.8 Å². The van der Waals surface area contributed by atoms with E-state index in [1.807, 2.05) is 48.5 Å². The Morgan fingerprint density at radius 2 is 1.82 bits per heavy atom. The van der Waals surface area contributed by atoms with Crippen LogP contribution in [-0.2, 0) is 4.74 Å². The Kier molecular flexibility index (Phi) is 9.80. The van der Waals surface area contributed by atoms with Crippen molar-refractivity contribution in [1.29, 1.82) is 0 Å². The van der Waals surface area contributed by atoms with Crippen molar-refractivity contribution in [2.75, 3.05) is 44.8 Å². The predicted octanol–water partition coefficient (Wildman–Crippen LogP) is 3.21. The molecule has 1 saturated carbocycles. The normalized spacial score (nSPS) is 19.3. The van der Waals surface area contributed by atoms with Crippen LogP contribution in [0.3, 0.4) is 0 Å². The molecule has 232 valence electrons. The lowest BCUT2D eigenvalue weighted by molar-refractivity contribution is 0.00790. The van der Waals surface area contributed by atoms with Gasteiger partial charge in [0.05, 0.1) is 49.6 Å². The lowest BCUT2D eigenvalue weighted by atomic mass is 9.90. The summed E-state index contributed by atoms with van der Waals surface area (Å²) in [6.45, 7) is 3.53. The van der Waals surface area contributed by atoms with Gasteiger partial charge in [0, 0.05) is 36.9 Å². The maximum absolute atomic E-state index is 13.1. The highest BCUT2D eigenvalue weighted by molar-refractivity contribution is 5.94. The summed E-state index contributed by atoms with van der Waals surface area (Å²) in [6, 6.07) is 18.4. The van der Waals surface area contributed by atoms with Crippen molar-refractivity contribution < 1.29 is 14.6 Å². The Bertz CT molecular complexity index is 1730. The van der Waals surface area contributed by atoms with E-state index >= 15 is 0 Å². The van der Waals surface area contributed by atoms with Gasteiger partial charge in [0.25, 0.3) is 11.5 Å². The Balaban J connectivity index is 1.05. The molecule has 1 aliphatic heterocycles. The maximum Gasteiger partial charge on any atom is 0.264 e. The topological polar surface area (TPSA) is 122 Å². The highest BCUT2D eigenvalue weighted by Gasteiger charge is 2.27. The van der Waals surface area contributed by atoms with Gasteiger partial charge in [-0.2, -0.15) is 0 Å². The third kappa shape index (κ3) is 7.40. The van der Waals surface area contributed by atoms with Gasteiger partial charge >= 0.3 is 0 Å². The fourth-order valence-corrected chi connectivity index (χ4v) is 6.22. The molecule has 0 bridgehead atoms. The van der Waals surface area contributed by atoms with E-state index in [9.17, 15) is 14.7 Å². The summed E-state index contributed by atoms with van der Waals surface area (Å²) in [7, 11) is 0. The van der Waals surface area contributed by atoms with Crippen molar-refractivity contribution in [1.82, 2.24) is 24.8 Å². The van der Waals surface area contributed by atoms with Crippen LogP contribution in [0.5, 0.6) is 0 Å². The van der Waals surface area contributed by atoms with Crippen molar-refractivity contribution in [3.05, 3.63) is 100 Å². The van der Waals surface area contributed by atoms with Crippen molar-refractivity contribution in [2.45, 2.75) is 43.8 Å². The van der Waals surface area contributed by atoms with Gasteiger partial charge in [-0.05, 0) is 61.6 Å². The van der Waals surface area contributed by atoms with E-state index in [-0.39, 0.29) is 18.7 Å². The Morgan fingerprint density at radius 1 is 1.02 bits per heavy atom. The molecule has 1 saturated heterocycles. The van der Waals surface area contributed by atoms with Crippen LogP contribution in [0, 0.1) is 11.8 Å². The average Bonchev–Trinajstić information content (AvgIpc) is 3.09. The number of aliphatic hydroxyl groups excluding tert-OH is 1. The van der Waals surface area contributed by atoms with Crippen LogP contribution in [0.15, 0.2) is 77.9 Å². The first-order valence-corrected chi connectivity index (χ1v) is 15.6. The van der Waals surface area contributed by atoms with Crippen LogP contribution in [-0.4, -0.2) is 82.0 Å². The van der Waals surface area contributed by atoms with Crippen LogP contribution in [0.1, 0.15) is 53.2 Å². The van der Waals surface area contributed by atoms with Gasteiger partial charge in [-0.15, -0.1) is 0 Å². The lowest BCUT2D eigenvalue weighted by Gasteiger charge is -2.39. The first-order chi connectivity index (χ1) is 22.1. The largest absolute Gasteiger partial charge is 0.394 e. The summed E-state index contributed by atoms with van der Waals surface area (Å²) in [5, 5.41) is 16.3. The molecule has 1 aliphatic carbocycles. The molecule has 45 heavy (non-hydrogen) atoms. The molecule has 10 nitrogen and oxygen atoms in total. The van der Waals surface area contributed by atoms with Crippen molar-refractivity contribution in [3.8, 4) is 11.8 Å². The molecule has 0 spiro atoms. The molecule has 4 aromatic rings. The summed E-state index contributed by atoms with van der Waals surface area (Å²) in [6.07, 6.45) is 7.92. The van der Waals surface area contributed by atoms with Gasteiger partial charge < -0.3 is 25.0 Å². The number of hydrogen-bond donors (Lipinski definition) is 3. The summed E-state index contributed by atoms with van der Waals surface area (Å²) in [5.41, 5.74) is 2.58. The number of pyridine rings is 1. The smallest absolute Gasteiger partial charge is 0.264 e. The number of nitrogens with zero attached hydrogens (tertiary/aromatic N) is 4. The third-order valence-electron chi connectivity index (χ3n) is 8.64. The molecule has 6 rings (SSSR count). The fourth-order valence-electron chi connectivity index (χ4n) is 6.22. The Morgan fingerprint density at radius 3 is 2.60 bits per heavy atom. The minimum absolute atomic E-state index is 0.00993. The number of amides is 1. The number of anilines is 1. The Labute approximate surface area is 262 Å². The molecule has 0 radical (unpaired) electrons. The first-order valence-electron chi connectivity index (χ1n) is 15.6. The van der Waals surface area contributed by atoms with Crippen LogP contribution in [0.4, 0.5) is 5.82 Å². The van der Waals surface area contributed by atoms with Crippen molar-refractivity contribution in [3.63, 3.8) is 0 Å². The van der Waals surface area contributed by atoms with E-state index < -0.39 is 17.5 Å². The SMILES string of the molecule is O=C(NCC#Cc1ccc2ncc(NC3CCC(N4CCOCC4)CC3)nc2c1)c1cccn([C@H](CO)c2ccccc2)c1=O. The van der Waals surface area contributed by atoms with Gasteiger partial charge in [0.1, 0.15) is 11.4 Å². The molecule has 1 amide bonds. The number of carbonyl (C=O) groups is 1. The molecule has 3 N–H and O–H groups in total. The van der Waals surface area contributed by atoms with Crippen LogP contribution in [0.2, 0.25) is 0 Å². The van der Waals surface area contributed by atoms with Gasteiger partial charge in [0.15, 0.2) is 0 Å². The molecule has 1 atom stereocenters. The van der Waals surface area contributed by atoms with Crippen LogP contribution in [0.25, 0.3) is 11.0 Å². The monoisotopic (exact) mass is 606 g/mol. The van der Waals surface area contributed by atoms with Gasteiger partial charge in [0.2, 0.25) is 0 Å². The van der Waals surface area contributed by atoms with E-state index in [2.05, 4.69) is 32.4 Å². The number of rotatable bonds is 8. The molecule has 2 fully saturated rings. The van der Waals surface area contributed by atoms with E-state index in [1.54, 1.807) is 18.5 Å². The third-order valence-corrected chi connectivity index (χ3v) is 8.64. The maximum atomic E-state index is 13.1. The molecule has 2 aliphatic rings. The highest BCUT2D eigenvalue weighted by Crippen LogP contribution is 2.26. The second kappa shape index (κ2) is 14.5. The van der Waals surface area contributed by atoms with Gasteiger partial charge in [-0.3, -0.25) is 19.5 Å². The zero-order valence-corrected chi connectivity index (χ0v) is 25.2. The van der Waals surface area contributed by atoms with Gasteiger partial charge in [-0.25, -0.2) is 4.98 Å². The Hall–Kier alpha value is -4.56. The highest BCUT2D eigenvalue weighted by atomic mass is 16.5. The number of aliphatic hydroxyl groups is 1.